The predicted molar refractivity (Wildman–Crippen MR) is 89.9 cm³/mol. The molecule has 3 heterocycles. The van der Waals surface area contributed by atoms with E-state index in [1.54, 1.807) is 23.9 Å². The van der Waals surface area contributed by atoms with Crippen LogP contribution in [0, 0.1) is 0 Å². The molecule has 1 aliphatic carbocycles. The molecule has 0 saturated carbocycles. The number of aromatic amines is 1. The summed E-state index contributed by atoms with van der Waals surface area (Å²) in [6.07, 6.45) is 8.16. The Bertz CT molecular complexity index is 823. The fraction of sp³-hybridized carbons (Fsp3) is 0.312. The van der Waals surface area contributed by atoms with Gasteiger partial charge in [0.15, 0.2) is 5.78 Å². The Kier molecular flexibility index (Phi) is 3.72. The predicted octanol–water partition coefficient (Wildman–Crippen LogP) is 3.87. The molecule has 0 saturated heterocycles. The second-order valence-corrected chi connectivity index (χ2v) is 7.41. The summed E-state index contributed by atoms with van der Waals surface area (Å²) in [5, 5.41) is 2.13. The fourth-order valence-electron chi connectivity index (χ4n) is 2.89. The molecule has 4 rings (SSSR count). The van der Waals surface area contributed by atoms with E-state index < -0.39 is 0 Å². The van der Waals surface area contributed by atoms with Crippen molar-refractivity contribution in [2.45, 2.75) is 30.7 Å². The first kappa shape index (κ1) is 14.0. The third-order valence-corrected chi connectivity index (χ3v) is 6.14. The van der Waals surface area contributed by atoms with Crippen molar-refractivity contribution in [2.75, 3.05) is 5.75 Å². The molecule has 0 spiro atoms. The Morgan fingerprint density at radius 2 is 2.23 bits per heavy atom. The highest BCUT2D eigenvalue weighted by atomic mass is 32.2. The van der Waals surface area contributed by atoms with Crippen LogP contribution in [-0.2, 0) is 12.8 Å². The molecular weight excluding hydrogens is 314 g/mol. The molecule has 4 nitrogen and oxygen atoms in total. The number of carbonyl (C=O) groups is 1. The number of nitrogens with one attached hydrogen (secondary N) is 1. The average molecular weight is 329 g/mol. The number of hydrogen-bond donors (Lipinski definition) is 1. The Morgan fingerprint density at radius 3 is 3.09 bits per heavy atom. The van der Waals surface area contributed by atoms with Gasteiger partial charge in [0.2, 0.25) is 0 Å². The molecule has 0 atom stereocenters. The second kappa shape index (κ2) is 5.85. The van der Waals surface area contributed by atoms with E-state index >= 15 is 0 Å². The summed E-state index contributed by atoms with van der Waals surface area (Å²) in [6, 6.07) is 3.65. The van der Waals surface area contributed by atoms with Crippen molar-refractivity contribution in [2.24, 2.45) is 0 Å². The van der Waals surface area contributed by atoms with E-state index in [9.17, 15) is 4.79 Å². The Labute approximate surface area is 136 Å². The zero-order valence-electron chi connectivity index (χ0n) is 12.0. The van der Waals surface area contributed by atoms with E-state index in [2.05, 4.69) is 15.0 Å². The van der Waals surface area contributed by atoms with Gasteiger partial charge in [0.1, 0.15) is 16.2 Å². The van der Waals surface area contributed by atoms with Crippen LogP contribution in [0.15, 0.2) is 29.7 Å². The normalized spacial score (nSPS) is 14.2. The van der Waals surface area contributed by atoms with Crippen LogP contribution < -0.4 is 0 Å². The number of aromatic nitrogens is 3. The highest BCUT2D eigenvalue weighted by Gasteiger charge is 2.20. The third-order valence-electron chi connectivity index (χ3n) is 3.95. The van der Waals surface area contributed by atoms with Gasteiger partial charge in [-0.2, -0.15) is 0 Å². The number of fused-ring (bicyclic) bond motifs is 3. The van der Waals surface area contributed by atoms with Crippen molar-refractivity contribution >= 4 is 39.1 Å². The monoisotopic (exact) mass is 329 g/mol. The minimum Gasteiger partial charge on any atom is -0.359 e. The van der Waals surface area contributed by atoms with Crippen molar-refractivity contribution in [1.82, 2.24) is 15.0 Å². The molecule has 0 radical (unpaired) electrons. The molecule has 112 valence electrons. The lowest BCUT2D eigenvalue weighted by Crippen LogP contribution is -2.03. The van der Waals surface area contributed by atoms with Gasteiger partial charge in [0.25, 0.3) is 0 Å². The lowest BCUT2D eigenvalue weighted by Gasteiger charge is -2.11. The van der Waals surface area contributed by atoms with Crippen LogP contribution in [-0.4, -0.2) is 26.5 Å². The standard InChI is InChI=1S/C16H15N3OS2/c20-12(11-5-3-7-17-11)8-21-15-14-10-4-1-2-6-13(10)22-16(14)19-9-18-15/h3,5,7,9,17H,1-2,4,6,8H2. The summed E-state index contributed by atoms with van der Waals surface area (Å²) in [5.41, 5.74) is 2.08. The molecule has 1 N–H and O–H groups in total. The number of thiophene rings is 1. The molecule has 0 unspecified atom stereocenters. The van der Waals surface area contributed by atoms with E-state index in [1.165, 1.54) is 40.4 Å². The molecule has 0 aromatic carbocycles. The van der Waals surface area contributed by atoms with E-state index in [0.29, 0.717) is 11.4 Å². The largest absolute Gasteiger partial charge is 0.359 e. The third kappa shape index (κ3) is 2.46. The maximum Gasteiger partial charge on any atom is 0.189 e. The average Bonchev–Trinajstić information content (AvgIpc) is 3.19. The van der Waals surface area contributed by atoms with E-state index in [-0.39, 0.29) is 5.78 Å². The SMILES string of the molecule is O=C(CSc1ncnc2sc3c(c12)CCCC3)c1ccc[nH]1. The molecule has 6 heteroatoms. The van der Waals surface area contributed by atoms with E-state index in [4.69, 9.17) is 0 Å². The highest BCUT2D eigenvalue weighted by Crippen LogP contribution is 2.39. The molecule has 1 aliphatic rings. The summed E-state index contributed by atoms with van der Waals surface area (Å²) in [6.45, 7) is 0. The zero-order chi connectivity index (χ0) is 14.9. The van der Waals surface area contributed by atoms with Gasteiger partial charge in [-0.1, -0.05) is 11.8 Å². The second-order valence-electron chi connectivity index (χ2n) is 5.37. The number of thioether (sulfide) groups is 1. The summed E-state index contributed by atoms with van der Waals surface area (Å²) in [4.78, 5) is 26.5. The van der Waals surface area contributed by atoms with E-state index in [1.807, 2.05) is 12.1 Å². The molecule has 22 heavy (non-hydrogen) atoms. The smallest absolute Gasteiger partial charge is 0.189 e. The van der Waals surface area contributed by atoms with Gasteiger partial charge < -0.3 is 4.98 Å². The number of Topliss-reactive ketones (excluding diaryl/α,β-unsaturated/α-hetero) is 1. The van der Waals surface area contributed by atoms with Crippen molar-refractivity contribution in [3.05, 3.63) is 40.8 Å². The molecule has 3 aromatic heterocycles. The fourth-order valence-corrected chi connectivity index (χ4v) is 5.09. The lowest BCUT2D eigenvalue weighted by molar-refractivity contribution is 0.101. The summed E-state index contributed by atoms with van der Waals surface area (Å²) in [5.74, 6) is 0.503. The Morgan fingerprint density at radius 1 is 1.32 bits per heavy atom. The molecule has 0 aliphatic heterocycles. The number of H-pyrrole nitrogens is 1. The quantitative estimate of drug-likeness (QED) is 0.448. The summed E-state index contributed by atoms with van der Waals surface area (Å²) < 4.78 is 0. The van der Waals surface area contributed by atoms with Crippen LogP contribution in [0.2, 0.25) is 0 Å². The van der Waals surface area contributed by atoms with Crippen LogP contribution in [0.1, 0.15) is 33.8 Å². The Hall–Kier alpha value is -1.66. The number of nitrogens with zero attached hydrogens (tertiary/aromatic N) is 2. The van der Waals surface area contributed by atoms with Gasteiger partial charge >= 0.3 is 0 Å². The molecule has 0 fully saturated rings. The van der Waals surface area contributed by atoms with Crippen molar-refractivity contribution in [1.29, 1.82) is 0 Å². The number of rotatable bonds is 4. The van der Waals surface area contributed by atoms with Crippen molar-refractivity contribution < 1.29 is 4.79 Å². The van der Waals surface area contributed by atoms with Crippen LogP contribution in [0.4, 0.5) is 0 Å². The van der Waals surface area contributed by atoms with Gasteiger partial charge in [-0.05, 0) is 43.4 Å². The van der Waals surface area contributed by atoms with Gasteiger partial charge in [-0.15, -0.1) is 11.3 Å². The molecular formula is C16H15N3OS2. The van der Waals surface area contributed by atoms with Gasteiger partial charge in [0, 0.05) is 16.5 Å². The van der Waals surface area contributed by atoms with Gasteiger partial charge in [0.05, 0.1) is 11.4 Å². The van der Waals surface area contributed by atoms with Gasteiger partial charge in [-0.25, -0.2) is 9.97 Å². The first-order chi connectivity index (χ1) is 10.8. The number of hydrogen-bond acceptors (Lipinski definition) is 5. The molecule has 0 bridgehead atoms. The molecule has 0 amide bonds. The minimum absolute atomic E-state index is 0.103. The molecule has 3 aromatic rings. The van der Waals surface area contributed by atoms with Gasteiger partial charge in [-0.3, -0.25) is 4.79 Å². The first-order valence-corrected chi connectivity index (χ1v) is 9.18. The summed E-state index contributed by atoms with van der Waals surface area (Å²) in [7, 11) is 0. The summed E-state index contributed by atoms with van der Waals surface area (Å²) >= 11 is 3.31. The topological polar surface area (TPSA) is 58.6 Å². The lowest BCUT2D eigenvalue weighted by atomic mass is 9.97. The first-order valence-electron chi connectivity index (χ1n) is 7.37. The number of ketones is 1. The van der Waals surface area contributed by atoms with Crippen LogP contribution in [0.5, 0.6) is 0 Å². The maximum absolute atomic E-state index is 12.1. The van der Waals surface area contributed by atoms with E-state index in [0.717, 1.165) is 22.7 Å². The maximum atomic E-state index is 12.1. The zero-order valence-corrected chi connectivity index (χ0v) is 13.6. The highest BCUT2D eigenvalue weighted by molar-refractivity contribution is 8.00. The number of aryl methyl sites for hydroxylation is 2. The van der Waals surface area contributed by atoms with Crippen LogP contribution >= 0.6 is 23.1 Å². The Balaban J connectivity index is 1.64. The van der Waals surface area contributed by atoms with Crippen LogP contribution in [0.25, 0.3) is 10.2 Å². The van der Waals surface area contributed by atoms with Crippen molar-refractivity contribution in [3.63, 3.8) is 0 Å². The van der Waals surface area contributed by atoms with Crippen LogP contribution in [0.3, 0.4) is 0 Å². The minimum atomic E-state index is 0.103. The van der Waals surface area contributed by atoms with Crippen molar-refractivity contribution in [3.8, 4) is 0 Å². The number of carbonyl (C=O) groups excluding carboxylic acids is 1.